The van der Waals surface area contributed by atoms with E-state index in [0.717, 1.165) is 6.42 Å². The highest BCUT2D eigenvalue weighted by atomic mass is 35.5. The average molecular weight is 400 g/mol. The Labute approximate surface area is 156 Å². The molecule has 2 aromatic rings. The third kappa shape index (κ3) is 3.76. The zero-order valence-corrected chi connectivity index (χ0v) is 15.8. The highest BCUT2D eigenvalue weighted by Gasteiger charge is 2.23. The van der Waals surface area contributed by atoms with E-state index in [1.807, 2.05) is 0 Å². The van der Waals surface area contributed by atoms with Crippen molar-refractivity contribution in [3.63, 3.8) is 0 Å². The van der Waals surface area contributed by atoms with Crippen LogP contribution in [-0.2, 0) is 10.0 Å². The highest BCUT2D eigenvalue weighted by molar-refractivity contribution is 7.92. The summed E-state index contributed by atoms with van der Waals surface area (Å²) in [6, 6.07) is 7.54. The van der Waals surface area contributed by atoms with Crippen molar-refractivity contribution in [1.29, 1.82) is 0 Å². The van der Waals surface area contributed by atoms with Gasteiger partial charge in [0.1, 0.15) is 16.4 Å². The molecule has 1 N–H and O–H groups in total. The standard InChI is InChI=1S/C17H18ClNO6S/c1-22-11-4-5-14(23-2)17(8-11)26(20,21)19-13-10-16-15(9-12(13)18)24-6-3-7-25-16/h4-5,8-10,19H,3,6-7H2,1-2H3. The van der Waals surface area contributed by atoms with Crippen molar-refractivity contribution >= 4 is 27.3 Å². The molecule has 1 aliphatic heterocycles. The molecule has 3 rings (SSSR count). The van der Waals surface area contributed by atoms with Crippen LogP contribution in [0.4, 0.5) is 5.69 Å². The fourth-order valence-electron chi connectivity index (χ4n) is 2.46. The minimum atomic E-state index is -3.98. The summed E-state index contributed by atoms with van der Waals surface area (Å²) in [6.45, 7) is 0.986. The number of ether oxygens (including phenoxy) is 4. The first-order chi connectivity index (χ1) is 12.4. The Morgan fingerprint density at radius 2 is 1.73 bits per heavy atom. The number of fused-ring (bicyclic) bond motifs is 1. The van der Waals surface area contributed by atoms with Gasteiger partial charge in [0.25, 0.3) is 10.0 Å². The first-order valence-electron chi connectivity index (χ1n) is 7.78. The van der Waals surface area contributed by atoms with E-state index >= 15 is 0 Å². The Morgan fingerprint density at radius 1 is 1.04 bits per heavy atom. The van der Waals surface area contributed by atoms with Gasteiger partial charge in [-0.2, -0.15) is 0 Å². The molecule has 0 spiro atoms. The molecule has 0 atom stereocenters. The molecule has 0 aliphatic carbocycles. The largest absolute Gasteiger partial charge is 0.497 e. The molecule has 7 nitrogen and oxygen atoms in total. The van der Waals surface area contributed by atoms with Crippen LogP contribution in [0, 0.1) is 0 Å². The van der Waals surface area contributed by atoms with Crippen molar-refractivity contribution in [3.05, 3.63) is 35.4 Å². The third-order valence-electron chi connectivity index (χ3n) is 3.74. The van der Waals surface area contributed by atoms with Crippen molar-refractivity contribution in [2.75, 3.05) is 32.2 Å². The van der Waals surface area contributed by atoms with Crippen LogP contribution in [-0.4, -0.2) is 35.9 Å². The molecule has 140 valence electrons. The maximum absolute atomic E-state index is 12.9. The van der Waals surface area contributed by atoms with Gasteiger partial charge in [-0.1, -0.05) is 11.6 Å². The van der Waals surface area contributed by atoms with Crippen LogP contribution >= 0.6 is 11.6 Å². The van der Waals surface area contributed by atoms with Gasteiger partial charge < -0.3 is 18.9 Å². The van der Waals surface area contributed by atoms with Crippen molar-refractivity contribution in [2.45, 2.75) is 11.3 Å². The Balaban J connectivity index is 1.99. The maximum atomic E-state index is 12.9. The normalized spacial score (nSPS) is 13.7. The molecule has 26 heavy (non-hydrogen) atoms. The van der Waals surface area contributed by atoms with Crippen molar-refractivity contribution in [2.24, 2.45) is 0 Å². The Morgan fingerprint density at radius 3 is 2.38 bits per heavy atom. The van der Waals surface area contributed by atoms with Crippen LogP contribution in [0.5, 0.6) is 23.0 Å². The fourth-order valence-corrected chi connectivity index (χ4v) is 3.97. The van der Waals surface area contributed by atoms with Crippen LogP contribution in [0.15, 0.2) is 35.2 Å². The molecule has 1 aliphatic rings. The Hall–Kier alpha value is -2.32. The van der Waals surface area contributed by atoms with Gasteiger partial charge in [0.05, 0.1) is 38.1 Å². The lowest BCUT2D eigenvalue weighted by atomic mass is 10.3. The number of methoxy groups -OCH3 is 2. The quantitative estimate of drug-likeness (QED) is 0.830. The van der Waals surface area contributed by atoms with Gasteiger partial charge in [0, 0.05) is 24.6 Å². The number of anilines is 1. The van der Waals surface area contributed by atoms with Gasteiger partial charge in [0.15, 0.2) is 11.5 Å². The van der Waals surface area contributed by atoms with E-state index in [-0.39, 0.29) is 21.4 Å². The lowest BCUT2D eigenvalue weighted by Crippen LogP contribution is -2.14. The second-order valence-electron chi connectivity index (χ2n) is 5.45. The van der Waals surface area contributed by atoms with Crippen molar-refractivity contribution < 1.29 is 27.4 Å². The summed E-state index contributed by atoms with van der Waals surface area (Å²) in [5, 5.41) is 0.194. The van der Waals surface area contributed by atoms with Gasteiger partial charge in [-0.05, 0) is 12.1 Å². The molecule has 0 unspecified atom stereocenters. The summed E-state index contributed by atoms with van der Waals surface area (Å²) in [4.78, 5) is -0.0671. The minimum Gasteiger partial charge on any atom is -0.497 e. The zero-order chi connectivity index (χ0) is 18.7. The van der Waals surface area contributed by atoms with Gasteiger partial charge in [-0.15, -0.1) is 0 Å². The van der Waals surface area contributed by atoms with E-state index in [1.165, 1.54) is 38.5 Å². The molecule has 0 radical (unpaired) electrons. The summed E-state index contributed by atoms with van der Waals surface area (Å²) in [6.07, 6.45) is 0.731. The van der Waals surface area contributed by atoms with Gasteiger partial charge in [-0.25, -0.2) is 8.42 Å². The molecule has 0 aromatic heterocycles. The second kappa shape index (κ2) is 7.51. The predicted molar refractivity (Wildman–Crippen MR) is 97.4 cm³/mol. The molecule has 0 amide bonds. The lowest BCUT2D eigenvalue weighted by molar-refractivity contribution is 0.297. The first kappa shape index (κ1) is 18.5. The van der Waals surface area contributed by atoms with Crippen LogP contribution in [0.2, 0.25) is 5.02 Å². The van der Waals surface area contributed by atoms with E-state index < -0.39 is 10.0 Å². The molecule has 0 saturated carbocycles. The molecule has 0 saturated heterocycles. The minimum absolute atomic E-state index is 0.0671. The lowest BCUT2D eigenvalue weighted by Gasteiger charge is -2.15. The smallest absolute Gasteiger partial charge is 0.265 e. The van der Waals surface area contributed by atoms with Gasteiger partial charge in [-0.3, -0.25) is 4.72 Å². The molecular formula is C17H18ClNO6S. The van der Waals surface area contributed by atoms with Crippen LogP contribution in [0.1, 0.15) is 6.42 Å². The average Bonchev–Trinajstić information content (AvgIpc) is 2.86. The number of benzene rings is 2. The predicted octanol–water partition coefficient (Wildman–Crippen LogP) is 3.32. The second-order valence-corrected chi connectivity index (χ2v) is 7.51. The molecule has 1 heterocycles. The topological polar surface area (TPSA) is 83.1 Å². The van der Waals surface area contributed by atoms with E-state index in [4.69, 9.17) is 30.5 Å². The summed E-state index contributed by atoms with van der Waals surface area (Å²) >= 11 is 6.22. The van der Waals surface area contributed by atoms with E-state index in [1.54, 1.807) is 6.07 Å². The zero-order valence-electron chi connectivity index (χ0n) is 14.2. The van der Waals surface area contributed by atoms with Gasteiger partial charge in [0.2, 0.25) is 0 Å². The summed E-state index contributed by atoms with van der Waals surface area (Å²) in [5.74, 6) is 1.48. The SMILES string of the molecule is COc1ccc(OC)c(S(=O)(=O)Nc2cc3c(cc2Cl)OCCCO3)c1. The van der Waals surface area contributed by atoms with Crippen molar-refractivity contribution in [1.82, 2.24) is 0 Å². The Bertz CT molecular complexity index is 916. The molecule has 0 fully saturated rings. The molecule has 2 aromatic carbocycles. The van der Waals surface area contributed by atoms with Crippen LogP contribution in [0.25, 0.3) is 0 Å². The molecule has 9 heteroatoms. The van der Waals surface area contributed by atoms with E-state index in [2.05, 4.69) is 4.72 Å². The number of rotatable bonds is 5. The summed E-state index contributed by atoms with van der Waals surface area (Å²) in [5.41, 5.74) is 0.181. The highest BCUT2D eigenvalue weighted by Crippen LogP contribution is 2.39. The number of nitrogens with one attached hydrogen (secondary N) is 1. The van der Waals surface area contributed by atoms with Crippen LogP contribution < -0.4 is 23.7 Å². The third-order valence-corrected chi connectivity index (χ3v) is 5.44. The summed E-state index contributed by atoms with van der Waals surface area (Å²) < 4.78 is 49.6. The fraction of sp³-hybridized carbons (Fsp3) is 0.294. The number of hydrogen-bond acceptors (Lipinski definition) is 6. The monoisotopic (exact) mass is 399 g/mol. The number of halogens is 1. The van der Waals surface area contributed by atoms with E-state index in [0.29, 0.717) is 30.5 Å². The van der Waals surface area contributed by atoms with Crippen molar-refractivity contribution in [3.8, 4) is 23.0 Å². The molecule has 0 bridgehead atoms. The first-order valence-corrected chi connectivity index (χ1v) is 9.64. The summed E-state index contributed by atoms with van der Waals surface area (Å²) in [7, 11) is -1.14. The van der Waals surface area contributed by atoms with Gasteiger partial charge >= 0.3 is 0 Å². The Kier molecular flexibility index (Phi) is 5.33. The van der Waals surface area contributed by atoms with E-state index in [9.17, 15) is 8.42 Å². The maximum Gasteiger partial charge on any atom is 0.265 e. The molecular weight excluding hydrogens is 382 g/mol. The van der Waals surface area contributed by atoms with Crippen LogP contribution in [0.3, 0.4) is 0 Å². The number of hydrogen-bond donors (Lipinski definition) is 1. The number of sulfonamides is 1.